The highest BCUT2D eigenvalue weighted by atomic mass is 79.9. The first-order valence-electron chi connectivity index (χ1n) is 5.66. The van der Waals surface area contributed by atoms with Crippen LogP contribution in [0.5, 0.6) is 0 Å². The van der Waals surface area contributed by atoms with Crippen molar-refractivity contribution in [3.05, 3.63) is 68.7 Å². The molecule has 1 unspecified atom stereocenters. The molecule has 1 atom stereocenters. The van der Waals surface area contributed by atoms with Crippen LogP contribution in [-0.2, 0) is 0 Å². The van der Waals surface area contributed by atoms with Crippen molar-refractivity contribution in [2.24, 2.45) is 0 Å². The second-order valence-corrected chi connectivity index (χ2v) is 6.09. The minimum Gasteiger partial charge on any atom is -0.0839 e. The van der Waals surface area contributed by atoms with Crippen molar-refractivity contribution in [1.82, 2.24) is 0 Å². The van der Waals surface area contributed by atoms with Crippen LogP contribution in [0.1, 0.15) is 27.1 Å². The van der Waals surface area contributed by atoms with Gasteiger partial charge in [0.05, 0.1) is 4.83 Å². The highest BCUT2D eigenvalue weighted by molar-refractivity contribution is 9.09. The lowest BCUT2D eigenvalue weighted by molar-refractivity contribution is 1.13. The predicted molar refractivity (Wildman–Crippen MR) is 83.1 cm³/mol. The summed E-state index contributed by atoms with van der Waals surface area (Å²) in [5.41, 5.74) is 4.57. The standard InChI is InChI=1S/C15H13BrCl2/c1-9-6-7-10(2)11(8-9)15(16)14-12(17)4-3-5-13(14)18/h3-8,15H,1-2H3. The van der Waals surface area contributed by atoms with E-state index in [1.54, 1.807) is 0 Å². The zero-order valence-electron chi connectivity index (χ0n) is 10.2. The Labute approximate surface area is 126 Å². The summed E-state index contributed by atoms with van der Waals surface area (Å²) in [6.07, 6.45) is 0. The molecular weight excluding hydrogens is 331 g/mol. The summed E-state index contributed by atoms with van der Waals surface area (Å²) < 4.78 is 0. The van der Waals surface area contributed by atoms with E-state index in [1.165, 1.54) is 16.7 Å². The molecule has 2 rings (SSSR count). The van der Waals surface area contributed by atoms with Crippen molar-refractivity contribution in [2.45, 2.75) is 18.7 Å². The Morgan fingerprint density at radius 1 is 1.00 bits per heavy atom. The van der Waals surface area contributed by atoms with Gasteiger partial charge in [0.25, 0.3) is 0 Å². The third-order valence-electron chi connectivity index (χ3n) is 2.96. The van der Waals surface area contributed by atoms with Crippen LogP contribution in [0.3, 0.4) is 0 Å². The lowest BCUT2D eigenvalue weighted by Crippen LogP contribution is -1.98. The Bertz CT molecular complexity index is 558. The van der Waals surface area contributed by atoms with Gasteiger partial charge in [-0.05, 0) is 37.1 Å². The van der Waals surface area contributed by atoms with E-state index in [-0.39, 0.29) is 4.83 Å². The molecule has 0 aliphatic carbocycles. The van der Waals surface area contributed by atoms with E-state index in [4.69, 9.17) is 23.2 Å². The maximum atomic E-state index is 6.25. The Kier molecular flexibility index (Phi) is 4.37. The molecule has 2 aromatic rings. The van der Waals surface area contributed by atoms with Crippen LogP contribution in [0, 0.1) is 13.8 Å². The lowest BCUT2D eigenvalue weighted by Gasteiger charge is -2.17. The fourth-order valence-corrected chi connectivity index (χ4v) is 3.81. The van der Waals surface area contributed by atoms with Gasteiger partial charge in [0, 0.05) is 15.6 Å². The zero-order valence-corrected chi connectivity index (χ0v) is 13.3. The molecule has 2 aromatic carbocycles. The molecule has 3 heteroatoms. The number of hydrogen-bond acceptors (Lipinski definition) is 0. The summed E-state index contributed by atoms with van der Waals surface area (Å²) in [6.45, 7) is 4.17. The van der Waals surface area contributed by atoms with Crippen molar-refractivity contribution in [1.29, 1.82) is 0 Å². The van der Waals surface area contributed by atoms with Crippen LogP contribution in [0.2, 0.25) is 10.0 Å². The zero-order chi connectivity index (χ0) is 13.3. The van der Waals surface area contributed by atoms with E-state index >= 15 is 0 Å². The summed E-state index contributed by atoms with van der Waals surface area (Å²) in [6, 6.07) is 12.0. The fourth-order valence-electron chi connectivity index (χ4n) is 1.94. The number of alkyl halides is 1. The van der Waals surface area contributed by atoms with Gasteiger partial charge in [0.1, 0.15) is 0 Å². The fraction of sp³-hybridized carbons (Fsp3) is 0.200. The predicted octanol–water partition coefficient (Wildman–Crippen LogP) is 6.09. The van der Waals surface area contributed by atoms with Crippen molar-refractivity contribution >= 4 is 39.1 Å². The summed E-state index contributed by atoms with van der Waals surface area (Å²) >= 11 is 16.2. The first-order chi connectivity index (χ1) is 8.50. The number of rotatable bonds is 2. The molecule has 0 heterocycles. The van der Waals surface area contributed by atoms with E-state index in [0.717, 1.165) is 5.56 Å². The van der Waals surface area contributed by atoms with Crippen LogP contribution in [0.25, 0.3) is 0 Å². The van der Waals surface area contributed by atoms with Crippen molar-refractivity contribution < 1.29 is 0 Å². The molecule has 0 saturated heterocycles. The van der Waals surface area contributed by atoms with Gasteiger partial charge in [-0.15, -0.1) is 0 Å². The number of aryl methyl sites for hydroxylation is 2. The molecule has 0 fully saturated rings. The van der Waals surface area contributed by atoms with Gasteiger partial charge in [-0.2, -0.15) is 0 Å². The second kappa shape index (κ2) is 5.64. The third-order valence-corrected chi connectivity index (χ3v) is 4.57. The molecule has 18 heavy (non-hydrogen) atoms. The van der Waals surface area contributed by atoms with Crippen LogP contribution >= 0.6 is 39.1 Å². The highest BCUT2D eigenvalue weighted by Crippen LogP contribution is 2.40. The van der Waals surface area contributed by atoms with Gasteiger partial charge < -0.3 is 0 Å². The molecule has 0 aliphatic rings. The average Bonchev–Trinajstić information content (AvgIpc) is 2.32. The largest absolute Gasteiger partial charge is 0.0839 e. The lowest BCUT2D eigenvalue weighted by atomic mass is 9.98. The molecule has 0 radical (unpaired) electrons. The third kappa shape index (κ3) is 2.74. The molecule has 0 N–H and O–H groups in total. The number of benzene rings is 2. The Balaban J connectivity index is 2.54. The van der Waals surface area contributed by atoms with E-state index in [0.29, 0.717) is 10.0 Å². The van der Waals surface area contributed by atoms with Gasteiger partial charge in [0.15, 0.2) is 0 Å². The summed E-state index contributed by atoms with van der Waals surface area (Å²) in [5.74, 6) is 0. The maximum absolute atomic E-state index is 6.25. The second-order valence-electron chi connectivity index (χ2n) is 4.36. The summed E-state index contributed by atoms with van der Waals surface area (Å²) in [7, 11) is 0. The van der Waals surface area contributed by atoms with E-state index < -0.39 is 0 Å². The molecule has 94 valence electrons. The monoisotopic (exact) mass is 342 g/mol. The molecular formula is C15H13BrCl2. The van der Waals surface area contributed by atoms with Gasteiger partial charge >= 0.3 is 0 Å². The van der Waals surface area contributed by atoms with Crippen molar-refractivity contribution in [2.75, 3.05) is 0 Å². The van der Waals surface area contributed by atoms with Gasteiger partial charge in [-0.25, -0.2) is 0 Å². The maximum Gasteiger partial charge on any atom is 0.0676 e. The topological polar surface area (TPSA) is 0 Å². The van der Waals surface area contributed by atoms with Gasteiger partial charge in [0.2, 0.25) is 0 Å². The highest BCUT2D eigenvalue weighted by Gasteiger charge is 2.18. The smallest absolute Gasteiger partial charge is 0.0676 e. The number of hydrogen-bond donors (Lipinski definition) is 0. The van der Waals surface area contributed by atoms with Crippen LogP contribution < -0.4 is 0 Å². The molecule has 0 spiro atoms. The SMILES string of the molecule is Cc1ccc(C)c(C(Br)c2c(Cl)cccc2Cl)c1. The van der Waals surface area contributed by atoms with Crippen LogP contribution in [0.15, 0.2) is 36.4 Å². The minimum absolute atomic E-state index is 0.0126. The quantitative estimate of drug-likeness (QED) is 0.578. The summed E-state index contributed by atoms with van der Waals surface area (Å²) in [4.78, 5) is 0.0126. The van der Waals surface area contributed by atoms with E-state index in [2.05, 4.69) is 48.0 Å². The Hall–Kier alpha value is -0.500. The average molecular weight is 344 g/mol. The van der Waals surface area contributed by atoms with Crippen molar-refractivity contribution in [3.63, 3.8) is 0 Å². The normalized spacial score (nSPS) is 12.5. The molecule has 0 amide bonds. The molecule has 0 aromatic heterocycles. The van der Waals surface area contributed by atoms with E-state index in [9.17, 15) is 0 Å². The van der Waals surface area contributed by atoms with Gasteiger partial charge in [-0.1, -0.05) is 69.0 Å². The first-order valence-corrected chi connectivity index (χ1v) is 7.33. The Morgan fingerprint density at radius 3 is 2.22 bits per heavy atom. The van der Waals surface area contributed by atoms with Gasteiger partial charge in [-0.3, -0.25) is 0 Å². The first kappa shape index (κ1) is 13.9. The van der Waals surface area contributed by atoms with E-state index in [1.807, 2.05) is 18.2 Å². The summed E-state index contributed by atoms with van der Waals surface area (Å²) in [5, 5.41) is 1.37. The van der Waals surface area contributed by atoms with Crippen LogP contribution in [0.4, 0.5) is 0 Å². The molecule has 0 bridgehead atoms. The molecule has 0 nitrogen and oxygen atoms in total. The number of halogens is 3. The minimum atomic E-state index is 0.0126. The molecule has 0 aliphatic heterocycles. The van der Waals surface area contributed by atoms with Crippen molar-refractivity contribution in [3.8, 4) is 0 Å². The Morgan fingerprint density at radius 2 is 1.61 bits per heavy atom. The van der Waals surface area contributed by atoms with Crippen LogP contribution in [-0.4, -0.2) is 0 Å². The molecule has 0 saturated carbocycles.